The molecule has 12 aromatic rings. The van der Waals surface area contributed by atoms with Gasteiger partial charge in [0.25, 0.3) is 6.71 Å². The van der Waals surface area contributed by atoms with Gasteiger partial charge in [0.15, 0.2) is 0 Å². The quantitative estimate of drug-likeness (QED) is 0.164. The number of anilines is 6. The van der Waals surface area contributed by atoms with E-state index in [1.54, 1.807) is 41.5 Å². The van der Waals surface area contributed by atoms with Crippen LogP contribution in [-0.4, -0.2) is 15.8 Å². The van der Waals surface area contributed by atoms with Gasteiger partial charge in [0.1, 0.15) is 0 Å². The van der Waals surface area contributed by atoms with Crippen LogP contribution in [0.4, 0.5) is 34.1 Å². The molecule has 0 bridgehead atoms. The summed E-state index contributed by atoms with van der Waals surface area (Å²) in [5, 5.41) is -2.42. The van der Waals surface area contributed by atoms with Crippen molar-refractivity contribution in [3.63, 3.8) is 0 Å². The smallest absolute Gasteiger partial charge is 0.252 e. The standard InChI is InChI=1S/C67H53BN4/c1-40-34-61-63-62(35-40)72-58-20-12-17-50-49-16-10-11-19-55(49)71(64(50)58)59-21-13-18-54(65(59)72)68(63)53-31-30-48(39-60(53)69(61)47-28-24-42(25-29-47)44-23-22-41-14-8-9-15-43(41)36-44)70-56-32-26-45(66(2,3)4)37-51(56)52-38-46(67(5,6)7)27-33-57(52)70/h8-39H,1-7H3/i8D,9D,10D,11D,12D,13D,14D,15D,16D,17D,18D,19D,20D,21D,22D,23D,24D,25D,26D,27D,28D,29D,30D,31D,32D,33D,34D,35D,36D,37D,38D,39D. The molecular formula is C67H53BN4. The van der Waals surface area contributed by atoms with Gasteiger partial charge in [-0.15, -0.1) is 0 Å². The minimum absolute atomic E-state index is 0.00255. The molecule has 0 saturated carbocycles. The van der Waals surface area contributed by atoms with E-state index in [0.717, 1.165) is 18.9 Å². The van der Waals surface area contributed by atoms with Crippen molar-refractivity contribution < 1.29 is 43.9 Å². The average Bonchev–Trinajstić information content (AvgIpc) is 0.847. The molecule has 344 valence electrons. The number of hydrogen-bond donors (Lipinski definition) is 0. The van der Waals surface area contributed by atoms with Crippen LogP contribution in [0.5, 0.6) is 0 Å². The van der Waals surface area contributed by atoms with Gasteiger partial charge in [0.05, 0.1) is 83.0 Å². The minimum atomic E-state index is -2.02. The highest BCUT2D eigenvalue weighted by molar-refractivity contribution is 7.00. The van der Waals surface area contributed by atoms with Crippen LogP contribution in [0.1, 0.15) is 102 Å². The molecule has 0 saturated heterocycles. The fourth-order valence-electron chi connectivity index (χ4n) is 10.2. The molecule has 0 unspecified atom stereocenters. The Morgan fingerprint density at radius 2 is 1.01 bits per heavy atom. The largest absolute Gasteiger partial charge is 0.311 e. The van der Waals surface area contributed by atoms with Crippen LogP contribution in [0, 0.1) is 6.92 Å². The summed E-state index contributed by atoms with van der Waals surface area (Å²) < 4.78 is 312. The average molecular weight is 957 g/mol. The van der Waals surface area contributed by atoms with E-state index in [1.165, 1.54) is 6.92 Å². The second kappa shape index (κ2) is 14.4. The Balaban J connectivity index is 1.20. The molecule has 5 heterocycles. The molecule has 0 atom stereocenters. The van der Waals surface area contributed by atoms with Gasteiger partial charge in [-0.05, 0) is 157 Å². The predicted octanol–water partition coefficient (Wildman–Crippen LogP) is 16.0. The van der Waals surface area contributed by atoms with Crippen molar-refractivity contribution in [2.75, 3.05) is 9.80 Å². The van der Waals surface area contributed by atoms with Crippen molar-refractivity contribution in [3.05, 3.63) is 210 Å². The molecular weight excluding hydrogens is 872 g/mol. The Labute approximate surface area is 466 Å². The molecule has 5 heteroatoms. The van der Waals surface area contributed by atoms with Crippen molar-refractivity contribution in [3.8, 4) is 22.5 Å². The molecule has 3 aliphatic rings. The Morgan fingerprint density at radius 1 is 0.403 bits per heavy atom. The van der Waals surface area contributed by atoms with E-state index in [0.29, 0.717) is 0 Å². The van der Waals surface area contributed by atoms with Gasteiger partial charge in [0, 0.05) is 50.0 Å². The number of hydrogen-bond acceptors (Lipinski definition) is 2. The van der Waals surface area contributed by atoms with Crippen molar-refractivity contribution in [1.82, 2.24) is 9.13 Å². The zero-order chi connectivity index (χ0) is 76.4. The number of rotatable bonds is 3. The van der Waals surface area contributed by atoms with Crippen molar-refractivity contribution in [2.45, 2.75) is 59.3 Å². The van der Waals surface area contributed by atoms with E-state index in [1.807, 2.05) is 0 Å². The van der Waals surface area contributed by atoms with Crippen LogP contribution < -0.4 is 26.2 Å². The molecule has 3 aliphatic heterocycles. The summed E-state index contributed by atoms with van der Waals surface area (Å²) in [4.78, 5) is 1.96. The van der Waals surface area contributed by atoms with Gasteiger partial charge in [0.2, 0.25) is 0 Å². The lowest BCUT2D eigenvalue weighted by molar-refractivity contribution is 0.590. The summed E-state index contributed by atoms with van der Waals surface area (Å²) in [5.74, 6) is 0. The highest BCUT2D eigenvalue weighted by atomic mass is 15.2. The number of fused-ring (bicyclic) bond motifs is 13. The first kappa shape index (κ1) is 20.8. The molecule has 2 aromatic heterocycles. The SMILES string of the molecule is [2H]c1c([2H])c2c3c(c1[2H])-n1c4c([2H])c([2H])c([2H])c([2H])c4c4c([2H])c([2H])c([2H])c(c41)N3c1c([2H])c(C)c([2H])c3c1B2c1c([2H])c([2H])c(-n2c4c([2H])c([2H])c(C(C)(C)C)c([2H])c4c4c([2H])c(C(C)(C)C)c([2H])c([2H])c42)c([2H])c1N3c1c([2H])c([2H])c(-c2c([2H])c([2H])c3c([2H])c([2H])c([2H])c([2H])c3c2[2H])c([2H])c1[2H]. The fourth-order valence-corrected chi connectivity index (χ4v) is 10.2. The number of nitrogens with zero attached hydrogens (tertiary/aromatic N) is 4. The number of benzene rings is 10. The lowest BCUT2D eigenvalue weighted by Gasteiger charge is -2.46. The monoisotopic (exact) mass is 957 g/mol. The van der Waals surface area contributed by atoms with Crippen LogP contribution in [0.15, 0.2) is 193 Å². The lowest BCUT2D eigenvalue weighted by atomic mass is 9.33. The third kappa shape index (κ3) is 5.71. The summed E-state index contributed by atoms with van der Waals surface area (Å²) in [6, 6.07) is -26.4. The van der Waals surface area contributed by atoms with Crippen molar-refractivity contribution in [1.29, 1.82) is 0 Å². The van der Waals surface area contributed by atoms with Crippen LogP contribution in [0.2, 0.25) is 0 Å². The second-order valence-electron chi connectivity index (χ2n) is 20.1. The molecule has 0 fully saturated rings. The van der Waals surface area contributed by atoms with Gasteiger partial charge >= 0.3 is 0 Å². The lowest BCUT2D eigenvalue weighted by Crippen LogP contribution is -2.61. The maximum atomic E-state index is 11.1. The first-order valence-electron chi connectivity index (χ1n) is 39.0. The van der Waals surface area contributed by atoms with Crippen LogP contribution in [0.3, 0.4) is 0 Å². The number of para-hydroxylation sites is 3. The molecule has 10 aromatic carbocycles. The third-order valence-electron chi connectivity index (χ3n) is 13.5. The van der Waals surface area contributed by atoms with E-state index in [2.05, 4.69) is 0 Å². The van der Waals surface area contributed by atoms with Gasteiger partial charge < -0.3 is 18.9 Å². The highest BCUT2D eigenvalue weighted by Gasteiger charge is 2.46. The molecule has 0 N–H and O–H groups in total. The summed E-state index contributed by atoms with van der Waals surface area (Å²) >= 11 is 0. The maximum Gasteiger partial charge on any atom is 0.252 e. The molecule has 0 aliphatic carbocycles. The Hall–Kier alpha value is -8.28. The first-order valence-corrected chi connectivity index (χ1v) is 23.0. The Morgan fingerprint density at radius 3 is 1.75 bits per heavy atom. The summed E-state index contributed by atoms with van der Waals surface area (Å²) in [5.41, 5.74) is -12.3. The van der Waals surface area contributed by atoms with E-state index in [-0.39, 0.29) is 43.8 Å². The predicted molar refractivity (Wildman–Crippen MR) is 308 cm³/mol. The summed E-state index contributed by atoms with van der Waals surface area (Å²) in [7, 11) is 0. The van der Waals surface area contributed by atoms with Crippen LogP contribution >= 0.6 is 0 Å². The summed E-state index contributed by atoms with van der Waals surface area (Å²) in [6.45, 7) is 9.33. The molecule has 72 heavy (non-hydrogen) atoms. The normalized spacial score (nSPS) is 19.9. The second-order valence-corrected chi connectivity index (χ2v) is 20.1. The molecule has 0 spiro atoms. The minimum Gasteiger partial charge on any atom is -0.311 e. The zero-order valence-electron chi connectivity index (χ0n) is 71.4. The van der Waals surface area contributed by atoms with E-state index < -0.39 is 311 Å². The zero-order valence-corrected chi connectivity index (χ0v) is 39.4. The maximum absolute atomic E-state index is 11.1. The van der Waals surface area contributed by atoms with Crippen molar-refractivity contribution >= 4 is 112 Å². The first-order chi connectivity index (χ1) is 48.3. The molecule has 0 radical (unpaired) electrons. The Kier molecular flexibility index (Phi) is 4.17. The van der Waals surface area contributed by atoms with Gasteiger partial charge in [-0.2, -0.15) is 0 Å². The van der Waals surface area contributed by atoms with Gasteiger partial charge in [-0.3, -0.25) is 0 Å². The van der Waals surface area contributed by atoms with Crippen LogP contribution in [-0.2, 0) is 10.8 Å². The highest BCUT2D eigenvalue weighted by Crippen LogP contribution is 2.53. The third-order valence-corrected chi connectivity index (χ3v) is 13.5. The van der Waals surface area contributed by atoms with Crippen molar-refractivity contribution in [2.24, 2.45) is 0 Å². The molecule has 4 nitrogen and oxygen atoms in total. The fraction of sp³-hybridized carbons (Fsp3) is 0.134. The summed E-state index contributed by atoms with van der Waals surface area (Å²) in [6.07, 6.45) is 0. The van der Waals surface area contributed by atoms with E-state index >= 15 is 0 Å². The van der Waals surface area contributed by atoms with Gasteiger partial charge in [-0.25, -0.2) is 0 Å². The number of aromatic nitrogens is 2. The Bertz CT molecular complexity index is 6140. The van der Waals surface area contributed by atoms with E-state index in [9.17, 15) is 34.3 Å². The molecule has 0 amide bonds. The topological polar surface area (TPSA) is 16.3 Å². The molecule has 15 rings (SSSR count). The van der Waals surface area contributed by atoms with Crippen LogP contribution in [0.25, 0.3) is 76.9 Å². The van der Waals surface area contributed by atoms with E-state index in [4.69, 9.17) is 9.60 Å². The van der Waals surface area contributed by atoms with Gasteiger partial charge in [-0.1, -0.05) is 150 Å².